The van der Waals surface area contributed by atoms with E-state index < -0.39 is 10.0 Å². The number of ether oxygens (including phenoxy) is 1. The molecule has 0 aliphatic rings. The largest absolute Gasteiger partial charge is 0.495 e. The maximum absolute atomic E-state index is 12.5. The molecule has 3 rings (SSSR count). The molecule has 0 saturated heterocycles. The van der Waals surface area contributed by atoms with E-state index in [1.807, 2.05) is 0 Å². The lowest BCUT2D eigenvalue weighted by Crippen LogP contribution is -2.13. The second-order valence-corrected chi connectivity index (χ2v) is 6.88. The number of rotatable bonds is 4. The Morgan fingerprint density at radius 3 is 2.74 bits per heavy atom. The van der Waals surface area contributed by atoms with E-state index in [-0.39, 0.29) is 9.92 Å². The van der Waals surface area contributed by atoms with Gasteiger partial charge in [-0.25, -0.2) is 13.4 Å². The van der Waals surface area contributed by atoms with E-state index in [1.54, 1.807) is 25.1 Å². The van der Waals surface area contributed by atoms with Gasteiger partial charge in [0.25, 0.3) is 10.0 Å². The first-order chi connectivity index (χ1) is 10.9. The van der Waals surface area contributed by atoms with Gasteiger partial charge in [0.15, 0.2) is 11.5 Å². The van der Waals surface area contributed by atoms with E-state index in [0.717, 1.165) is 0 Å². The second-order valence-electron chi connectivity index (χ2n) is 4.79. The minimum Gasteiger partial charge on any atom is -0.495 e. The smallest absolute Gasteiger partial charge is 0.262 e. The zero-order chi connectivity index (χ0) is 16.6. The maximum atomic E-state index is 12.5. The summed E-state index contributed by atoms with van der Waals surface area (Å²) < 4.78 is 38.0. The summed E-state index contributed by atoms with van der Waals surface area (Å²) in [5.41, 5.74) is 1.28. The van der Waals surface area contributed by atoms with Crippen molar-refractivity contribution >= 4 is 38.4 Å². The number of para-hydroxylation sites is 1. The highest BCUT2D eigenvalue weighted by Crippen LogP contribution is 2.30. The van der Waals surface area contributed by atoms with Crippen molar-refractivity contribution in [3.05, 3.63) is 47.3 Å². The van der Waals surface area contributed by atoms with E-state index in [9.17, 15) is 8.42 Å². The van der Waals surface area contributed by atoms with Gasteiger partial charge in [0.2, 0.25) is 0 Å². The van der Waals surface area contributed by atoms with Crippen LogP contribution < -0.4 is 9.46 Å². The van der Waals surface area contributed by atoms with Crippen molar-refractivity contribution in [1.82, 2.24) is 4.98 Å². The van der Waals surface area contributed by atoms with Crippen LogP contribution in [0, 0.1) is 6.92 Å². The molecular weight excluding hydrogens is 340 g/mol. The van der Waals surface area contributed by atoms with Crippen LogP contribution in [0.15, 0.2) is 45.7 Å². The number of methoxy groups -OCH3 is 1. The summed E-state index contributed by atoms with van der Waals surface area (Å²) in [4.78, 5) is 4.20. The normalized spacial score (nSPS) is 11.6. The third-order valence-electron chi connectivity index (χ3n) is 3.20. The zero-order valence-electron chi connectivity index (χ0n) is 12.3. The molecule has 0 saturated carbocycles. The lowest BCUT2D eigenvalue weighted by Gasteiger charge is -2.10. The number of nitrogens with one attached hydrogen (secondary N) is 1. The molecule has 0 radical (unpaired) electrons. The number of aryl methyl sites for hydroxylation is 1. The fourth-order valence-electron chi connectivity index (χ4n) is 2.16. The van der Waals surface area contributed by atoms with Gasteiger partial charge in [-0.2, -0.15) is 0 Å². The predicted octanol–water partition coefficient (Wildman–Crippen LogP) is 3.60. The summed E-state index contributed by atoms with van der Waals surface area (Å²) in [5.74, 6) is 0.859. The molecule has 0 aliphatic carbocycles. The Hall–Kier alpha value is -2.25. The number of nitrogens with zero attached hydrogens (tertiary/aromatic N) is 1. The molecule has 2 aromatic carbocycles. The number of hydrogen-bond acceptors (Lipinski definition) is 5. The van der Waals surface area contributed by atoms with Crippen molar-refractivity contribution in [3.63, 3.8) is 0 Å². The average Bonchev–Trinajstić information content (AvgIpc) is 2.88. The molecular formula is C15H13ClN2O4S. The van der Waals surface area contributed by atoms with Gasteiger partial charge in [-0.05, 0) is 30.3 Å². The van der Waals surface area contributed by atoms with Crippen molar-refractivity contribution in [3.8, 4) is 5.75 Å². The zero-order valence-corrected chi connectivity index (χ0v) is 13.9. The molecule has 23 heavy (non-hydrogen) atoms. The molecule has 0 bridgehead atoms. The Kier molecular flexibility index (Phi) is 3.91. The molecule has 0 amide bonds. The van der Waals surface area contributed by atoms with Crippen molar-refractivity contribution in [2.24, 2.45) is 0 Å². The molecule has 1 aromatic heterocycles. The minimum atomic E-state index is -3.82. The van der Waals surface area contributed by atoms with Gasteiger partial charge in [0.1, 0.15) is 11.3 Å². The highest BCUT2D eigenvalue weighted by atomic mass is 35.5. The van der Waals surface area contributed by atoms with Crippen molar-refractivity contribution in [2.75, 3.05) is 11.8 Å². The van der Waals surface area contributed by atoms with Crippen LogP contribution in [0.5, 0.6) is 5.75 Å². The monoisotopic (exact) mass is 352 g/mol. The molecule has 0 unspecified atom stereocenters. The number of benzene rings is 2. The highest BCUT2D eigenvalue weighted by molar-refractivity contribution is 7.92. The molecule has 8 heteroatoms. The number of aromatic nitrogens is 1. The van der Waals surface area contributed by atoms with Crippen LogP contribution in [-0.4, -0.2) is 20.5 Å². The first-order valence-corrected chi connectivity index (χ1v) is 8.49. The van der Waals surface area contributed by atoms with Crippen molar-refractivity contribution in [1.29, 1.82) is 0 Å². The Labute approximate surface area is 138 Å². The van der Waals surface area contributed by atoms with E-state index >= 15 is 0 Å². The summed E-state index contributed by atoms with van der Waals surface area (Å²) in [6, 6.07) is 9.29. The van der Waals surface area contributed by atoms with Gasteiger partial charge in [-0.1, -0.05) is 17.7 Å². The molecule has 1 heterocycles. The third-order valence-corrected chi connectivity index (χ3v) is 4.86. The van der Waals surface area contributed by atoms with E-state index in [4.69, 9.17) is 20.8 Å². The summed E-state index contributed by atoms with van der Waals surface area (Å²) >= 11 is 5.99. The number of fused-ring (bicyclic) bond motifs is 1. The van der Waals surface area contributed by atoms with E-state index in [1.165, 1.54) is 25.3 Å². The Balaban J connectivity index is 2.01. The lowest BCUT2D eigenvalue weighted by molar-refractivity contribution is 0.414. The van der Waals surface area contributed by atoms with Crippen LogP contribution in [-0.2, 0) is 10.0 Å². The van der Waals surface area contributed by atoms with Crippen LogP contribution in [0.4, 0.5) is 5.69 Å². The Morgan fingerprint density at radius 1 is 1.26 bits per heavy atom. The number of oxazole rings is 1. The molecule has 0 aliphatic heterocycles. The molecule has 0 fully saturated rings. The van der Waals surface area contributed by atoms with Gasteiger partial charge in [-0.15, -0.1) is 0 Å². The SMILES string of the molecule is COc1ccc(S(=O)(=O)Nc2cccc3nc(C)oc23)cc1Cl. The van der Waals surface area contributed by atoms with Crippen LogP contribution in [0.1, 0.15) is 5.89 Å². The first-order valence-electron chi connectivity index (χ1n) is 6.63. The van der Waals surface area contributed by atoms with Crippen LogP contribution in [0.25, 0.3) is 11.1 Å². The van der Waals surface area contributed by atoms with Crippen molar-refractivity contribution < 1.29 is 17.6 Å². The summed E-state index contributed by atoms with van der Waals surface area (Å²) in [5, 5.41) is 0.212. The second kappa shape index (κ2) is 5.75. The maximum Gasteiger partial charge on any atom is 0.262 e. The quantitative estimate of drug-likeness (QED) is 0.775. The Morgan fingerprint density at radius 2 is 2.04 bits per heavy atom. The minimum absolute atomic E-state index is 0.0246. The average molecular weight is 353 g/mol. The van der Waals surface area contributed by atoms with Gasteiger partial charge >= 0.3 is 0 Å². The van der Waals surface area contributed by atoms with Crippen LogP contribution in [0.3, 0.4) is 0 Å². The first kappa shape index (κ1) is 15.6. The molecule has 3 aromatic rings. The molecule has 0 spiro atoms. The van der Waals surface area contributed by atoms with Gasteiger partial charge < -0.3 is 9.15 Å². The third kappa shape index (κ3) is 2.97. The van der Waals surface area contributed by atoms with E-state index in [2.05, 4.69) is 9.71 Å². The van der Waals surface area contributed by atoms with Gasteiger partial charge in [0.05, 0.1) is 22.7 Å². The van der Waals surface area contributed by atoms with Crippen molar-refractivity contribution in [2.45, 2.75) is 11.8 Å². The number of hydrogen-bond donors (Lipinski definition) is 1. The Bertz CT molecular complexity index is 982. The fourth-order valence-corrected chi connectivity index (χ4v) is 3.57. The number of sulfonamides is 1. The highest BCUT2D eigenvalue weighted by Gasteiger charge is 2.19. The summed E-state index contributed by atoms with van der Waals surface area (Å²) in [7, 11) is -2.36. The predicted molar refractivity (Wildman–Crippen MR) is 87.6 cm³/mol. The number of halogens is 1. The van der Waals surface area contributed by atoms with Crippen LogP contribution in [0.2, 0.25) is 5.02 Å². The van der Waals surface area contributed by atoms with Gasteiger partial charge in [0, 0.05) is 6.92 Å². The molecule has 120 valence electrons. The van der Waals surface area contributed by atoms with Crippen LogP contribution >= 0.6 is 11.6 Å². The summed E-state index contributed by atoms with van der Waals surface area (Å²) in [6.07, 6.45) is 0. The standard InChI is InChI=1S/C15H13ClN2O4S/c1-9-17-12-4-3-5-13(15(12)22-9)18-23(19,20)10-6-7-14(21-2)11(16)8-10/h3-8,18H,1-2H3. The lowest BCUT2D eigenvalue weighted by atomic mass is 10.3. The topological polar surface area (TPSA) is 81.4 Å². The molecule has 1 N–H and O–H groups in total. The van der Waals surface area contributed by atoms with Gasteiger partial charge in [-0.3, -0.25) is 4.72 Å². The summed E-state index contributed by atoms with van der Waals surface area (Å²) in [6.45, 7) is 1.70. The molecule has 0 atom stereocenters. The molecule has 6 nitrogen and oxygen atoms in total. The fraction of sp³-hybridized carbons (Fsp3) is 0.133. The number of anilines is 1. The van der Waals surface area contributed by atoms with E-state index in [0.29, 0.717) is 28.4 Å².